The van der Waals surface area contributed by atoms with Gasteiger partial charge in [-0.15, -0.1) is 0 Å². The highest BCUT2D eigenvalue weighted by molar-refractivity contribution is 5.56. The zero-order chi connectivity index (χ0) is 10.7. The van der Waals surface area contributed by atoms with Gasteiger partial charge in [0.15, 0.2) is 0 Å². The fourth-order valence-corrected chi connectivity index (χ4v) is 2.42. The van der Waals surface area contributed by atoms with E-state index in [2.05, 4.69) is 24.1 Å². The molecule has 0 heterocycles. The van der Waals surface area contributed by atoms with Crippen LogP contribution in [0.5, 0.6) is 0 Å². The maximum atomic E-state index is 5.80. The Bertz CT molecular complexity index is 316. The molecular weight excluding hydrogens is 184 g/mol. The summed E-state index contributed by atoms with van der Waals surface area (Å²) in [5.41, 5.74) is 7.91. The Morgan fingerprint density at radius 1 is 1.20 bits per heavy atom. The third kappa shape index (κ3) is 2.44. The largest absolute Gasteiger partial charge is 0.399 e. The van der Waals surface area contributed by atoms with E-state index in [0.29, 0.717) is 6.04 Å². The number of hydrogen-bond donors (Lipinski definition) is 1. The van der Waals surface area contributed by atoms with Crippen LogP contribution in [0, 0.1) is 0 Å². The van der Waals surface area contributed by atoms with Gasteiger partial charge in [0.25, 0.3) is 0 Å². The van der Waals surface area contributed by atoms with Crippen LogP contribution in [0.3, 0.4) is 0 Å². The molecule has 1 aliphatic rings. The molecule has 0 atom stereocenters. The molecule has 0 bridgehead atoms. The zero-order valence-corrected chi connectivity index (χ0v) is 9.45. The van der Waals surface area contributed by atoms with Crippen LogP contribution in [-0.2, 0) is 0 Å². The van der Waals surface area contributed by atoms with Gasteiger partial charge in [-0.05, 0) is 31.0 Å². The van der Waals surface area contributed by atoms with Crippen LogP contribution < -0.4 is 10.6 Å². The summed E-state index contributed by atoms with van der Waals surface area (Å²) in [7, 11) is 2.19. The summed E-state index contributed by atoms with van der Waals surface area (Å²) in [5, 5.41) is 0. The molecule has 1 fully saturated rings. The maximum absolute atomic E-state index is 5.80. The van der Waals surface area contributed by atoms with Crippen LogP contribution >= 0.6 is 0 Å². The van der Waals surface area contributed by atoms with Crippen molar-refractivity contribution in [1.29, 1.82) is 0 Å². The molecule has 1 aliphatic carbocycles. The summed E-state index contributed by atoms with van der Waals surface area (Å²) in [6.07, 6.45) is 6.80. The molecule has 0 radical (unpaired) electrons. The Balaban J connectivity index is 2.08. The lowest BCUT2D eigenvalue weighted by Gasteiger charge is -2.33. The van der Waals surface area contributed by atoms with Crippen LogP contribution in [0.15, 0.2) is 24.3 Å². The second-order valence-electron chi connectivity index (χ2n) is 4.50. The van der Waals surface area contributed by atoms with Gasteiger partial charge in [-0.2, -0.15) is 0 Å². The maximum Gasteiger partial charge on any atom is 0.0386 e. The van der Waals surface area contributed by atoms with Crippen molar-refractivity contribution in [1.82, 2.24) is 0 Å². The van der Waals surface area contributed by atoms with E-state index < -0.39 is 0 Å². The van der Waals surface area contributed by atoms with Gasteiger partial charge in [0.2, 0.25) is 0 Å². The Morgan fingerprint density at radius 3 is 2.60 bits per heavy atom. The highest BCUT2D eigenvalue weighted by Gasteiger charge is 2.18. The molecule has 1 aromatic rings. The van der Waals surface area contributed by atoms with E-state index in [1.165, 1.54) is 37.8 Å². The summed E-state index contributed by atoms with van der Waals surface area (Å²) < 4.78 is 0. The zero-order valence-electron chi connectivity index (χ0n) is 9.45. The van der Waals surface area contributed by atoms with Gasteiger partial charge < -0.3 is 10.6 Å². The van der Waals surface area contributed by atoms with Gasteiger partial charge in [0.05, 0.1) is 0 Å². The normalized spacial score (nSPS) is 17.7. The Kier molecular flexibility index (Phi) is 3.14. The molecule has 0 unspecified atom stereocenters. The number of nitrogens with zero attached hydrogens (tertiary/aromatic N) is 1. The summed E-state index contributed by atoms with van der Waals surface area (Å²) in [6.45, 7) is 0. The van der Waals surface area contributed by atoms with E-state index in [4.69, 9.17) is 5.73 Å². The van der Waals surface area contributed by atoms with Crippen molar-refractivity contribution < 1.29 is 0 Å². The third-order valence-corrected chi connectivity index (χ3v) is 3.40. The lowest BCUT2D eigenvalue weighted by Crippen LogP contribution is -2.33. The molecule has 82 valence electrons. The molecule has 2 rings (SSSR count). The Hall–Kier alpha value is -1.18. The highest BCUT2D eigenvalue weighted by Crippen LogP contribution is 2.26. The minimum Gasteiger partial charge on any atom is -0.399 e. The molecule has 1 aromatic carbocycles. The minimum atomic E-state index is 0.709. The van der Waals surface area contributed by atoms with Crippen LogP contribution in [0.4, 0.5) is 11.4 Å². The number of hydrogen-bond acceptors (Lipinski definition) is 2. The third-order valence-electron chi connectivity index (χ3n) is 3.40. The molecule has 2 heteroatoms. The van der Waals surface area contributed by atoms with E-state index in [9.17, 15) is 0 Å². The van der Waals surface area contributed by atoms with Crippen molar-refractivity contribution in [2.45, 2.75) is 38.1 Å². The number of anilines is 2. The first-order chi connectivity index (χ1) is 7.27. The molecule has 15 heavy (non-hydrogen) atoms. The second kappa shape index (κ2) is 4.56. The summed E-state index contributed by atoms with van der Waals surface area (Å²) >= 11 is 0. The first-order valence-electron chi connectivity index (χ1n) is 5.86. The Labute approximate surface area is 92.1 Å². The summed E-state index contributed by atoms with van der Waals surface area (Å²) in [6, 6.07) is 8.89. The molecule has 0 aliphatic heterocycles. The van der Waals surface area contributed by atoms with E-state index >= 15 is 0 Å². The fraction of sp³-hybridized carbons (Fsp3) is 0.538. The van der Waals surface area contributed by atoms with Crippen molar-refractivity contribution in [2.24, 2.45) is 0 Å². The van der Waals surface area contributed by atoms with Crippen molar-refractivity contribution in [3.05, 3.63) is 24.3 Å². The number of nitrogen functional groups attached to an aromatic ring is 1. The minimum absolute atomic E-state index is 0.709. The van der Waals surface area contributed by atoms with Crippen molar-refractivity contribution in [3.63, 3.8) is 0 Å². The van der Waals surface area contributed by atoms with Gasteiger partial charge in [-0.3, -0.25) is 0 Å². The molecule has 2 nitrogen and oxygen atoms in total. The Morgan fingerprint density at radius 2 is 1.93 bits per heavy atom. The van der Waals surface area contributed by atoms with Gasteiger partial charge >= 0.3 is 0 Å². The fourth-order valence-electron chi connectivity index (χ4n) is 2.42. The van der Waals surface area contributed by atoms with Gasteiger partial charge in [-0.1, -0.05) is 25.3 Å². The average Bonchev–Trinajstić information content (AvgIpc) is 2.29. The molecule has 1 saturated carbocycles. The number of benzene rings is 1. The summed E-state index contributed by atoms with van der Waals surface area (Å²) in [5.74, 6) is 0. The monoisotopic (exact) mass is 204 g/mol. The van der Waals surface area contributed by atoms with E-state index in [0.717, 1.165) is 5.69 Å². The van der Waals surface area contributed by atoms with E-state index in [1.807, 2.05) is 12.1 Å². The van der Waals surface area contributed by atoms with Crippen LogP contribution in [-0.4, -0.2) is 13.1 Å². The second-order valence-corrected chi connectivity index (χ2v) is 4.50. The van der Waals surface area contributed by atoms with Crippen molar-refractivity contribution >= 4 is 11.4 Å². The SMILES string of the molecule is CN(c1cccc(N)c1)C1CCCCC1. The smallest absolute Gasteiger partial charge is 0.0386 e. The first kappa shape index (κ1) is 10.3. The van der Waals surface area contributed by atoms with Crippen LogP contribution in [0.1, 0.15) is 32.1 Å². The van der Waals surface area contributed by atoms with Gasteiger partial charge in [0, 0.05) is 24.5 Å². The predicted molar refractivity (Wildman–Crippen MR) is 66.1 cm³/mol. The quantitative estimate of drug-likeness (QED) is 0.750. The highest BCUT2D eigenvalue weighted by atomic mass is 15.1. The molecule has 0 amide bonds. The van der Waals surface area contributed by atoms with Crippen LogP contribution in [0.2, 0.25) is 0 Å². The van der Waals surface area contributed by atoms with Crippen LogP contribution in [0.25, 0.3) is 0 Å². The lowest BCUT2D eigenvalue weighted by molar-refractivity contribution is 0.427. The predicted octanol–water partition coefficient (Wildman–Crippen LogP) is 3.04. The van der Waals surface area contributed by atoms with Crippen molar-refractivity contribution in [3.8, 4) is 0 Å². The average molecular weight is 204 g/mol. The molecule has 2 N–H and O–H groups in total. The van der Waals surface area contributed by atoms with E-state index in [-0.39, 0.29) is 0 Å². The standard InChI is InChI=1S/C13H20N2/c1-15(12-7-3-2-4-8-12)13-9-5-6-11(14)10-13/h5-6,9-10,12H,2-4,7-8,14H2,1H3. The molecule has 0 saturated heterocycles. The summed E-state index contributed by atoms with van der Waals surface area (Å²) in [4.78, 5) is 2.38. The molecule has 0 spiro atoms. The van der Waals surface area contributed by atoms with E-state index in [1.54, 1.807) is 0 Å². The van der Waals surface area contributed by atoms with Gasteiger partial charge in [-0.25, -0.2) is 0 Å². The van der Waals surface area contributed by atoms with Crippen molar-refractivity contribution in [2.75, 3.05) is 17.7 Å². The molecular formula is C13H20N2. The topological polar surface area (TPSA) is 29.3 Å². The number of rotatable bonds is 2. The number of nitrogens with two attached hydrogens (primary N) is 1. The molecule has 0 aromatic heterocycles. The lowest BCUT2D eigenvalue weighted by atomic mass is 9.94. The first-order valence-corrected chi connectivity index (χ1v) is 5.86. The van der Waals surface area contributed by atoms with Gasteiger partial charge in [0.1, 0.15) is 0 Å².